The highest BCUT2D eigenvalue weighted by Crippen LogP contribution is 2.38. The first-order valence-corrected chi connectivity index (χ1v) is 8.04. The fourth-order valence-corrected chi connectivity index (χ4v) is 2.89. The highest BCUT2D eigenvalue weighted by Gasteiger charge is 2.39. The van der Waals surface area contributed by atoms with Crippen molar-refractivity contribution in [1.29, 1.82) is 0 Å². The van der Waals surface area contributed by atoms with E-state index >= 15 is 0 Å². The Hall–Kier alpha value is -2.87. The van der Waals surface area contributed by atoms with Crippen LogP contribution in [0.5, 0.6) is 11.5 Å². The summed E-state index contributed by atoms with van der Waals surface area (Å²) in [6.45, 7) is 0. The molecular weight excluding hydrogens is 322 g/mol. The van der Waals surface area contributed by atoms with Gasteiger partial charge in [-0.2, -0.15) is 10.1 Å². The summed E-state index contributed by atoms with van der Waals surface area (Å²) in [5, 5.41) is 11.3. The third kappa shape index (κ3) is 2.64. The number of nitrogens with one attached hydrogen (secondary N) is 1. The van der Waals surface area contributed by atoms with E-state index in [1.54, 1.807) is 14.2 Å². The predicted octanol–water partition coefficient (Wildman–Crippen LogP) is 2.48. The Morgan fingerprint density at radius 3 is 2.64 bits per heavy atom. The molecule has 2 heterocycles. The van der Waals surface area contributed by atoms with Crippen LogP contribution in [0.25, 0.3) is 22.8 Å². The molecule has 3 N–H and O–H groups in total. The van der Waals surface area contributed by atoms with Crippen molar-refractivity contribution in [2.24, 2.45) is 5.73 Å². The molecular formula is C17H19N5O3. The molecule has 8 nitrogen and oxygen atoms in total. The quantitative estimate of drug-likeness (QED) is 0.733. The summed E-state index contributed by atoms with van der Waals surface area (Å²) in [4.78, 5) is 4.42. The molecule has 1 saturated carbocycles. The van der Waals surface area contributed by atoms with E-state index < -0.39 is 5.54 Å². The van der Waals surface area contributed by atoms with Gasteiger partial charge in [-0.3, -0.25) is 5.10 Å². The van der Waals surface area contributed by atoms with Crippen LogP contribution in [-0.2, 0) is 5.54 Å². The minimum atomic E-state index is -0.450. The number of ether oxygens (including phenoxy) is 2. The number of benzene rings is 1. The van der Waals surface area contributed by atoms with Crippen molar-refractivity contribution in [3.05, 3.63) is 30.1 Å². The standard InChI is InChI=1S/C17H19N5O3/c1-23-13-5-4-10(8-14(13)24-2)11-9-12(21-20-11)15-19-16(22-25-15)17(18)6-3-7-17/h4-5,8-9H,3,6-7,18H2,1-2H3,(H,20,21). The number of aromatic amines is 1. The number of nitrogens with zero attached hydrogens (tertiary/aromatic N) is 3. The molecule has 1 aliphatic rings. The van der Waals surface area contributed by atoms with Gasteiger partial charge in [0.05, 0.1) is 25.5 Å². The second-order valence-electron chi connectivity index (χ2n) is 6.17. The summed E-state index contributed by atoms with van der Waals surface area (Å²) >= 11 is 0. The SMILES string of the molecule is COc1ccc(-c2cc(-c3nc(C4(N)CCC4)no3)[nH]n2)cc1OC. The van der Waals surface area contributed by atoms with Gasteiger partial charge in [-0.15, -0.1) is 0 Å². The van der Waals surface area contributed by atoms with Gasteiger partial charge in [0.1, 0.15) is 5.69 Å². The molecule has 0 radical (unpaired) electrons. The van der Waals surface area contributed by atoms with Crippen molar-refractivity contribution in [1.82, 2.24) is 20.3 Å². The normalized spacial score (nSPS) is 15.6. The van der Waals surface area contributed by atoms with Crippen molar-refractivity contribution in [3.63, 3.8) is 0 Å². The maximum atomic E-state index is 6.23. The molecule has 1 fully saturated rings. The van der Waals surface area contributed by atoms with E-state index in [-0.39, 0.29) is 0 Å². The van der Waals surface area contributed by atoms with Crippen molar-refractivity contribution in [3.8, 4) is 34.3 Å². The monoisotopic (exact) mass is 341 g/mol. The first-order valence-electron chi connectivity index (χ1n) is 8.04. The number of nitrogens with two attached hydrogens (primary N) is 1. The number of hydrogen-bond donors (Lipinski definition) is 2. The molecule has 8 heteroatoms. The highest BCUT2D eigenvalue weighted by molar-refractivity contribution is 5.67. The van der Waals surface area contributed by atoms with Gasteiger partial charge in [0, 0.05) is 5.56 Å². The van der Waals surface area contributed by atoms with Gasteiger partial charge in [-0.1, -0.05) is 5.16 Å². The van der Waals surface area contributed by atoms with Gasteiger partial charge in [0.15, 0.2) is 17.3 Å². The molecule has 2 aromatic heterocycles. The summed E-state index contributed by atoms with van der Waals surface area (Å²) in [6.07, 6.45) is 2.85. The van der Waals surface area contributed by atoms with Crippen molar-refractivity contribution in [2.45, 2.75) is 24.8 Å². The smallest absolute Gasteiger partial charge is 0.276 e. The minimum absolute atomic E-state index is 0.381. The Balaban J connectivity index is 1.62. The minimum Gasteiger partial charge on any atom is -0.493 e. The van der Waals surface area contributed by atoms with Gasteiger partial charge >= 0.3 is 0 Å². The van der Waals surface area contributed by atoms with Crippen LogP contribution in [-0.4, -0.2) is 34.6 Å². The lowest BCUT2D eigenvalue weighted by molar-refractivity contribution is 0.229. The zero-order valence-electron chi connectivity index (χ0n) is 14.1. The summed E-state index contributed by atoms with van der Waals surface area (Å²) in [5.41, 5.74) is 8.05. The van der Waals surface area contributed by atoms with E-state index in [4.69, 9.17) is 19.7 Å². The van der Waals surface area contributed by atoms with Crippen LogP contribution >= 0.6 is 0 Å². The summed E-state index contributed by atoms with van der Waals surface area (Å²) in [7, 11) is 3.20. The number of hydrogen-bond acceptors (Lipinski definition) is 7. The number of methoxy groups -OCH3 is 2. The van der Waals surface area contributed by atoms with E-state index in [0.717, 1.165) is 30.5 Å². The fraction of sp³-hybridized carbons (Fsp3) is 0.353. The fourth-order valence-electron chi connectivity index (χ4n) is 2.89. The van der Waals surface area contributed by atoms with E-state index in [0.29, 0.717) is 28.9 Å². The second kappa shape index (κ2) is 5.89. The van der Waals surface area contributed by atoms with Gasteiger partial charge in [-0.25, -0.2) is 0 Å². The Labute approximate surface area is 144 Å². The van der Waals surface area contributed by atoms with E-state index in [9.17, 15) is 0 Å². The van der Waals surface area contributed by atoms with E-state index in [2.05, 4.69) is 20.3 Å². The van der Waals surface area contributed by atoms with Gasteiger partial charge in [0.25, 0.3) is 5.89 Å². The average molecular weight is 341 g/mol. The first-order chi connectivity index (χ1) is 12.1. The lowest BCUT2D eigenvalue weighted by atomic mass is 9.77. The van der Waals surface area contributed by atoms with Crippen LogP contribution < -0.4 is 15.2 Å². The summed E-state index contributed by atoms with van der Waals surface area (Å²) in [6, 6.07) is 7.45. The molecule has 0 unspecified atom stereocenters. The zero-order chi connectivity index (χ0) is 17.4. The Morgan fingerprint density at radius 2 is 1.96 bits per heavy atom. The van der Waals surface area contributed by atoms with Crippen LogP contribution in [0.2, 0.25) is 0 Å². The molecule has 130 valence electrons. The van der Waals surface area contributed by atoms with Crippen LogP contribution in [0, 0.1) is 0 Å². The first kappa shape index (κ1) is 15.6. The molecule has 0 saturated heterocycles. The summed E-state index contributed by atoms with van der Waals surface area (Å²) < 4.78 is 15.9. The zero-order valence-corrected chi connectivity index (χ0v) is 14.1. The Bertz CT molecular complexity index is 897. The number of rotatable bonds is 5. The van der Waals surface area contributed by atoms with Crippen LogP contribution in [0.15, 0.2) is 28.8 Å². The highest BCUT2D eigenvalue weighted by atomic mass is 16.5. The van der Waals surface area contributed by atoms with Gasteiger partial charge in [-0.05, 0) is 43.5 Å². The van der Waals surface area contributed by atoms with Crippen molar-refractivity contribution >= 4 is 0 Å². The average Bonchev–Trinajstić information content (AvgIpc) is 3.28. The van der Waals surface area contributed by atoms with Gasteiger partial charge < -0.3 is 19.7 Å². The van der Waals surface area contributed by atoms with Gasteiger partial charge in [0.2, 0.25) is 0 Å². The van der Waals surface area contributed by atoms with Crippen molar-refractivity contribution < 1.29 is 14.0 Å². The van der Waals surface area contributed by atoms with E-state index in [1.807, 2.05) is 24.3 Å². The molecule has 0 bridgehead atoms. The molecule has 25 heavy (non-hydrogen) atoms. The molecule has 3 aromatic rings. The molecule has 0 aliphatic heterocycles. The second-order valence-corrected chi connectivity index (χ2v) is 6.17. The molecule has 4 rings (SSSR count). The Kier molecular flexibility index (Phi) is 3.69. The maximum Gasteiger partial charge on any atom is 0.276 e. The number of aromatic nitrogens is 4. The topological polar surface area (TPSA) is 112 Å². The molecule has 1 aromatic carbocycles. The van der Waals surface area contributed by atoms with Crippen LogP contribution in [0.3, 0.4) is 0 Å². The summed E-state index contributed by atoms with van der Waals surface area (Å²) in [5.74, 6) is 2.24. The van der Waals surface area contributed by atoms with Crippen LogP contribution in [0.1, 0.15) is 25.1 Å². The third-order valence-corrected chi connectivity index (χ3v) is 4.60. The lowest BCUT2D eigenvalue weighted by Gasteiger charge is -2.34. The molecule has 0 atom stereocenters. The number of H-pyrrole nitrogens is 1. The molecule has 1 aliphatic carbocycles. The van der Waals surface area contributed by atoms with E-state index in [1.165, 1.54) is 0 Å². The van der Waals surface area contributed by atoms with Crippen LogP contribution in [0.4, 0.5) is 0 Å². The maximum absolute atomic E-state index is 6.23. The third-order valence-electron chi connectivity index (χ3n) is 4.60. The Morgan fingerprint density at radius 1 is 1.16 bits per heavy atom. The predicted molar refractivity (Wildman–Crippen MR) is 90.1 cm³/mol. The lowest BCUT2D eigenvalue weighted by Crippen LogP contribution is -2.44. The molecule has 0 amide bonds. The van der Waals surface area contributed by atoms with Crippen molar-refractivity contribution in [2.75, 3.05) is 14.2 Å². The largest absolute Gasteiger partial charge is 0.493 e. The molecule has 0 spiro atoms.